The summed E-state index contributed by atoms with van der Waals surface area (Å²) in [5.41, 5.74) is 0. The van der Waals surface area contributed by atoms with Crippen LogP contribution in [0, 0.1) is 83.4 Å². The van der Waals surface area contributed by atoms with E-state index in [0.717, 1.165) is 19.3 Å². The van der Waals surface area contributed by atoms with E-state index in [1.807, 2.05) is 0 Å². The van der Waals surface area contributed by atoms with Crippen LogP contribution in [-0.2, 0) is 23.9 Å². The number of hydrogen-bond acceptors (Lipinski definition) is 6. The van der Waals surface area contributed by atoms with Gasteiger partial charge in [0.1, 0.15) is 6.61 Å². The number of terminal acetylenes is 1. The molecule has 0 amide bonds. The molecule has 0 unspecified atom stereocenters. The number of thiol groups is 1. The van der Waals surface area contributed by atoms with Crippen molar-refractivity contribution in [2.75, 3.05) is 13.2 Å². The van der Waals surface area contributed by atoms with Crippen molar-refractivity contribution in [2.24, 2.45) is 0 Å². The maximum atomic E-state index is 12.0. The number of aliphatic hydroxyl groups is 1. The largest absolute Gasteiger partial charge is 0.456 e. The molecular weight excluding hydrogens is 536 g/mol. The lowest BCUT2D eigenvalue weighted by atomic mass is 10.1. The van der Waals surface area contributed by atoms with E-state index in [4.69, 9.17) is 15.9 Å². The van der Waals surface area contributed by atoms with E-state index < -0.39 is 24.6 Å². The summed E-state index contributed by atoms with van der Waals surface area (Å²) in [6.07, 6.45) is 17.4. The third-order valence-corrected chi connectivity index (χ3v) is 4.75. The first kappa shape index (κ1) is 39.0. The van der Waals surface area contributed by atoms with E-state index in [-0.39, 0.29) is 36.7 Å². The molecule has 1 atom stereocenters. The van der Waals surface area contributed by atoms with Gasteiger partial charge in [0.2, 0.25) is 0 Å². The fourth-order valence-corrected chi connectivity index (χ4v) is 2.91. The lowest BCUT2D eigenvalue weighted by Gasteiger charge is -2.14. The van der Waals surface area contributed by atoms with Crippen LogP contribution in [0.3, 0.4) is 0 Å². The number of ether oxygens (including phenoxy) is 2. The maximum Gasteiger partial charge on any atom is 0.385 e. The molecule has 0 fully saturated rings. The van der Waals surface area contributed by atoms with Crippen LogP contribution in [0.4, 0.5) is 0 Å². The van der Waals surface area contributed by atoms with Gasteiger partial charge in [-0.05, 0) is 77.5 Å². The Bertz CT molecular complexity index is 1240. The van der Waals surface area contributed by atoms with Gasteiger partial charge >= 0.3 is 11.9 Å². The van der Waals surface area contributed by atoms with Crippen LogP contribution in [0.2, 0.25) is 0 Å². The fourth-order valence-electron chi connectivity index (χ4n) is 2.91. The molecule has 41 heavy (non-hydrogen) atoms. The maximum absolute atomic E-state index is 12.0. The summed E-state index contributed by atoms with van der Waals surface area (Å²) in [6.45, 7) is 2.87. The Morgan fingerprint density at radius 2 is 1.17 bits per heavy atom. The third kappa shape index (κ3) is 35.8. The fraction of sp³-hybridized carbons (Fsp3) is 0.500. The molecular formula is C34H64O6S. The monoisotopic (exact) mass is 600 g/mol. The minimum Gasteiger partial charge on any atom is -0.456 e. The zero-order valence-corrected chi connectivity index (χ0v) is 24.9. The highest BCUT2D eigenvalue weighted by Gasteiger charge is 2.15. The minimum atomic E-state index is -0.929. The van der Waals surface area contributed by atoms with Crippen molar-refractivity contribution in [3.05, 3.63) is 0 Å². The van der Waals surface area contributed by atoms with Crippen molar-refractivity contribution in [1.29, 1.82) is 0 Å². The van der Waals surface area contributed by atoms with Gasteiger partial charge in [-0.2, -0.15) is 0 Å². The van der Waals surface area contributed by atoms with Gasteiger partial charge in [-0.3, -0.25) is 9.59 Å². The molecule has 0 saturated heterocycles. The average molecular weight is 601 g/mol. The lowest BCUT2D eigenvalue weighted by molar-refractivity contribution is -0.159. The standard InChI is InChI=1S/C32H34O5.C2H4OS.13H2/c1-3-5-7-9-11-13-15-17-18-20-22-24-26-31(34)36-29-30(28-33)37-32(35)27-25-23-21-19-16-14-12-10-8-6-4-2;1-2(3)4;;;;;;;;;;;;;/h1,30,33H,4,6,8,10,12,14,16,19,21,23,25,27-29H2,2H3;1H3,(H,3,4);13*1H/t30-;;;;;;;;;;;;;;/m0............../s1. The summed E-state index contributed by atoms with van der Waals surface area (Å²) in [5.74, 6) is 29.3. The van der Waals surface area contributed by atoms with Crippen LogP contribution in [0.15, 0.2) is 0 Å². The van der Waals surface area contributed by atoms with Crippen LogP contribution >= 0.6 is 12.6 Å². The smallest absolute Gasteiger partial charge is 0.385 e. The molecule has 0 aromatic rings. The van der Waals surface area contributed by atoms with E-state index in [1.165, 1.54) is 58.3 Å². The molecule has 0 heterocycles. The summed E-state index contributed by atoms with van der Waals surface area (Å²) in [5, 5.41) is 9.22. The van der Waals surface area contributed by atoms with Crippen LogP contribution in [0.25, 0.3) is 0 Å². The average Bonchev–Trinajstić information content (AvgIpc) is 2.94. The second-order valence-electron chi connectivity index (χ2n) is 8.34. The van der Waals surface area contributed by atoms with E-state index >= 15 is 0 Å². The topological polar surface area (TPSA) is 89.9 Å². The second kappa shape index (κ2) is 32.1. The number of unbranched alkanes of at least 4 members (excludes halogenated alkanes) is 10. The van der Waals surface area contributed by atoms with Gasteiger partial charge in [-0.15, -0.1) is 19.1 Å². The van der Waals surface area contributed by atoms with Crippen LogP contribution in [-0.4, -0.2) is 41.5 Å². The van der Waals surface area contributed by atoms with Crippen molar-refractivity contribution < 1.29 is 47.5 Å². The van der Waals surface area contributed by atoms with Crippen molar-refractivity contribution in [3.63, 3.8) is 0 Å². The van der Waals surface area contributed by atoms with Gasteiger partial charge in [0.05, 0.1) is 6.61 Å². The molecule has 0 aliphatic rings. The molecule has 0 radical (unpaired) electrons. The number of rotatable bonds is 16. The van der Waals surface area contributed by atoms with Gasteiger partial charge in [-0.25, -0.2) is 4.79 Å². The highest BCUT2D eigenvalue weighted by Crippen LogP contribution is 2.12. The predicted molar refractivity (Wildman–Crippen MR) is 192 cm³/mol. The number of carbonyl (C=O) groups is 3. The van der Waals surface area contributed by atoms with Gasteiger partial charge < -0.3 is 14.6 Å². The number of carbonyl (C=O) groups excluding carboxylic acids is 3. The van der Waals surface area contributed by atoms with Crippen molar-refractivity contribution in [1.82, 2.24) is 0 Å². The quantitative estimate of drug-likeness (QED) is 0.0629. The lowest BCUT2D eigenvalue weighted by Crippen LogP contribution is -2.28. The molecule has 0 aliphatic carbocycles. The molecule has 0 spiro atoms. The Morgan fingerprint density at radius 3 is 1.61 bits per heavy atom. The number of hydrogen-bond donors (Lipinski definition) is 2. The molecule has 7 heteroatoms. The summed E-state index contributed by atoms with van der Waals surface area (Å²) < 4.78 is 10.1. The van der Waals surface area contributed by atoms with Crippen LogP contribution in [0.1, 0.15) is 109 Å². The minimum absolute atomic E-state index is 0. The normalized spacial score (nSPS) is 8.85. The molecule has 0 aromatic carbocycles. The zero-order chi connectivity index (χ0) is 30.8. The van der Waals surface area contributed by atoms with Crippen molar-refractivity contribution >= 4 is 29.7 Å². The third-order valence-electron chi connectivity index (χ3n) is 4.75. The Labute approximate surface area is 271 Å². The molecule has 0 saturated carbocycles. The molecule has 0 rings (SSSR count). The highest BCUT2D eigenvalue weighted by atomic mass is 32.1. The summed E-state index contributed by atoms with van der Waals surface area (Å²) in [7, 11) is 0. The van der Waals surface area contributed by atoms with E-state index in [9.17, 15) is 19.5 Å². The van der Waals surface area contributed by atoms with E-state index in [1.54, 1.807) is 0 Å². The van der Waals surface area contributed by atoms with Gasteiger partial charge in [0, 0.05) is 37.8 Å². The first-order valence-electron chi connectivity index (χ1n) is 13.5. The molecule has 242 valence electrons. The first-order valence-corrected chi connectivity index (χ1v) is 13.9. The summed E-state index contributed by atoms with van der Waals surface area (Å²) in [4.78, 5) is 32.9. The first-order chi connectivity index (χ1) is 19.9. The molecule has 0 aliphatic heterocycles. The molecule has 0 aromatic heterocycles. The summed E-state index contributed by atoms with van der Waals surface area (Å²) >= 11 is 3.33. The Morgan fingerprint density at radius 1 is 0.756 bits per heavy atom. The van der Waals surface area contributed by atoms with E-state index in [0.29, 0.717) is 0 Å². The number of esters is 2. The summed E-state index contributed by atoms with van der Waals surface area (Å²) in [6, 6.07) is 0. The van der Waals surface area contributed by atoms with Crippen LogP contribution in [0.5, 0.6) is 0 Å². The Balaban J connectivity index is -0.0000000653. The van der Waals surface area contributed by atoms with Gasteiger partial charge in [-0.1, -0.05) is 71.1 Å². The zero-order valence-electron chi connectivity index (χ0n) is 24.0. The molecule has 0 bridgehead atoms. The van der Waals surface area contributed by atoms with Crippen LogP contribution < -0.4 is 0 Å². The van der Waals surface area contributed by atoms with Gasteiger partial charge in [0.25, 0.3) is 0 Å². The molecule has 1 N–H and O–H groups in total. The van der Waals surface area contributed by atoms with Crippen molar-refractivity contribution in [3.8, 4) is 83.4 Å². The van der Waals surface area contributed by atoms with Gasteiger partial charge in [0.15, 0.2) is 11.2 Å². The predicted octanol–water partition coefficient (Wildman–Crippen LogP) is 7.45. The van der Waals surface area contributed by atoms with E-state index in [2.05, 4.69) is 96.5 Å². The molecule has 6 nitrogen and oxygen atoms in total. The SMILES string of the molecule is C#CC#CC#CC#CC#CC#CC#CC(=O)OC[C@H](CO)OC(=O)CCCCCCCCCCCCC.CC(=O)S.[HH].[HH].[HH].[HH].[HH].[HH].[HH].[HH].[HH].[HH].[HH].[HH].[HH]. The number of aliphatic hydroxyl groups excluding tert-OH is 1. The highest BCUT2D eigenvalue weighted by molar-refractivity contribution is 7.96. The Hall–Kier alpha value is -4.16. The Kier molecular flexibility index (Phi) is 30.5. The van der Waals surface area contributed by atoms with Crippen molar-refractivity contribution in [2.45, 2.75) is 97.0 Å². The second-order valence-corrected chi connectivity index (χ2v) is 8.97.